The van der Waals surface area contributed by atoms with Crippen LogP contribution in [0.2, 0.25) is 0 Å². The summed E-state index contributed by atoms with van der Waals surface area (Å²) in [5.41, 5.74) is 4.39. The van der Waals surface area contributed by atoms with Gasteiger partial charge in [0.05, 0.1) is 12.2 Å². The van der Waals surface area contributed by atoms with E-state index in [1.54, 1.807) is 0 Å². The maximum Gasteiger partial charge on any atom is 0.186 e. The van der Waals surface area contributed by atoms with Crippen LogP contribution in [-0.4, -0.2) is 36.6 Å². The normalized spacial score (nSPS) is 13.5. The van der Waals surface area contributed by atoms with Crippen molar-refractivity contribution < 1.29 is 14.3 Å². The van der Waals surface area contributed by atoms with Crippen LogP contribution in [0.5, 0.6) is 11.5 Å². The second kappa shape index (κ2) is 12.3. The van der Waals surface area contributed by atoms with Crippen molar-refractivity contribution in [3.8, 4) is 11.5 Å². The molecule has 0 aromatic heterocycles. The molecule has 3 atom stereocenters. The molecule has 0 saturated carbocycles. The summed E-state index contributed by atoms with van der Waals surface area (Å²) >= 11 is 0. The zero-order chi connectivity index (χ0) is 23.3. The fourth-order valence-electron chi connectivity index (χ4n) is 3.33. The van der Waals surface area contributed by atoms with E-state index in [1.807, 2.05) is 32.0 Å². The van der Waals surface area contributed by atoms with Crippen molar-refractivity contribution >= 4 is 38.3 Å². The molecule has 3 unspecified atom stereocenters. The monoisotopic (exact) mass is 449 g/mol. The van der Waals surface area contributed by atoms with E-state index in [1.165, 1.54) is 5.56 Å². The topological polar surface area (TPSA) is 35.5 Å². The van der Waals surface area contributed by atoms with E-state index >= 15 is 0 Å². The first-order valence-corrected chi connectivity index (χ1v) is 12.4. The molecule has 0 N–H and O–H groups in total. The zero-order valence-electron chi connectivity index (χ0n) is 21.7. The van der Waals surface area contributed by atoms with Crippen LogP contribution < -0.4 is 14.8 Å². The summed E-state index contributed by atoms with van der Waals surface area (Å²) in [6.45, 7) is 19.0. The van der Waals surface area contributed by atoms with Gasteiger partial charge < -0.3 is 9.47 Å². The van der Waals surface area contributed by atoms with Gasteiger partial charge in [-0.15, -0.1) is 0 Å². The van der Waals surface area contributed by atoms with E-state index < -0.39 is 0 Å². The van der Waals surface area contributed by atoms with E-state index in [0.717, 1.165) is 46.3 Å². The molecule has 171 valence electrons. The number of aryl methyl sites for hydroxylation is 2. The predicted octanol–water partition coefficient (Wildman–Crippen LogP) is 6.72. The summed E-state index contributed by atoms with van der Waals surface area (Å²) in [5.74, 6) is 1.54. The number of hydrogen-bond donors (Lipinski definition) is 0. The Morgan fingerprint density at radius 2 is 1.47 bits per heavy atom. The van der Waals surface area contributed by atoms with Crippen molar-refractivity contribution in [2.75, 3.05) is 0 Å². The molecule has 0 aliphatic carbocycles. The number of rotatable bonds is 9. The molecule has 0 heterocycles. The first-order valence-electron chi connectivity index (χ1n) is 11.4. The van der Waals surface area contributed by atoms with Gasteiger partial charge in [-0.3, -0.25) is 4.79 Å². The molecule has 5 heteroatoms. The van der Waals surface area contributed by atoms with Gasteiger partial charge in [0.2, 0.25) is 0 Å². The number of carbonyl (C=O) groups is 1. The van der Waals surface area contributed by atoms with Gasteiger partial charge >= 0.3 is 0 Å². The number of ether oxygens (including phenoxy) is 2. The van der Waals surface area contributed by atoms with E-state index in [0.29, 0.717) is 0 Å². The first-order chi connectivity index (χ1) is 14.5. The van der Waals surface area contributed by atoms with Gasteiger partial charge in [0.1, 0.15) is 11.5 Å². The molecule has 1 radical (unpaired) electrons. The van der Waals surface area contributed by atoms with E-state index in [-0.39, 0.29) is 50.6 Å². The Bertz CT molecular complexity index is 895. The standard InChI is InChI=1S/C27H39O3P.Li/c1-10-19(5)29-22-12-13-24(23(16-22)30-20(6)11-2)31-26(28)25-17(3)14-21(15-18(25)4)27(7,8)9;/h12-16,19-20,31H,10-11H2,1-9H3;. The van der Waals surface area contributed by atoms with Crippen molar-refractivity contribution in [1.82, 2.24) is 0 Å². The molecule has 0 saturated heterocycles. The fourth-order valence-corrected chi connectivity index (χ4v) is 4.52. The fraction of sp³-hybridized carbons (Fsp3) is 0.519. The smallest absolute Gasteiger partial charge is 0.186 e. The molecule has 0 fully saturated rings. The van der Waals surface area contributed by atoms with Crippen LogP contribution in [0, 0.1) is 13.8 Å². The Balaban J connectivity index is 0.00000512. The minimum atomic E-state index is 0. The molecular weight excluding hydrogens is 410 g/mol. The van der Waals surface area contributed by atoms with Crippen LogP contribution >= 0.6 is 8.58 Å². The van der Waals surface area contributed by atoms with Crippen molar-refractivity contribution in [2.45, 2.75) is 92.8 Å². The zero-order valence-corrected chi connectivity index (χ0v) is 22.7. The second-order valence-corrected chi connectivity index (χ2v) is 10.8. The Labute approximate surface area is 209 Å². The van der Waals surface area contributed by atoms with Crippen LogP contribution in [0.25, 0.3) is 0 Å². The van der Waals surface area contributed by atoms with Gasteiger partial charge in [-0.1, -0.05) is 46.8 Å². The quantitative estimate of drug-likeness (QED) is 0.315. The first kappa shape index (κ1) is 28.8. The molecule has 0 spiro atoms. The van der Waals surface area contributed by atoms with Crippen LogP contribution in [0.1, 0.15) is 88.4 Å². The third-order valence-corrected chi connectivity index (χ3v) is 6.80. The molecule has 3 nitrogen and oxygen atoms in total. The molecule has 0 bridgehead atoms. The molecule has 0 aliphatic heterocycles. The van der Waals surface area contributed by atoms with Gasteiger partial charge in [-0.25, -0.2) is 0 Å². The summed E-state index contributed by atoms with van der Waals surface area (Å²) in [7, 11) is 0.00479. The maximum atomic E-state index is 13.4. The second-order valence-electron chi connectivity index (χ2n) is 9.52. The Kier molecular flexibility index (Phi) is 11.0. The van der Waals surface area contributed by atoms with Crippen molar-refractivity contribution in [3.05, 3.63) is 52.6 Å². The minimum absolute atomic E-state index is 0. The molecule has 2 aromatic carbocycles. The molecule has 2 rings (SSSR count). The molecule has 32 heavy (non-hydrogen) atoms. The van der Waals surface area contributed by atoms with Gasteiger partial charge in [0.15, 0.2) is 5.52 Å². The van der Waals surface area contributed by atoms with Crippen molar-refractivity contribution in [3.63, 3.8) is 0 Å². The van der Waals surface area contributed by atoms with Crippen molar-refractivity contribution in [1.29, 1.82) is 0 Å². The molecule has 2 aromatic rings. The van der Waals surface area contributed by atoms with E-state index in [4.69, 9.17) is 9.47 Å². The Hall–Kier alpha value is -1.26. The van der Waals surface area contributed by atoms with Gasteiger partial charge in [-0.2, -0.15) is 0 Å². The number of carbonyl (C=O) groups excluding carboxylic acids is 1. The Morgan fingerprint density at radius 3 is 1.97 bits per heavy atom. The minimum Gasteiger partial charge on any atom is -0.491 e. The molecule has 0 amide bonds. The van der Waals surface area contributed by atoms with Crippen LogP contribution in [0.15, 0.2) is 30.3 Å². The van der Waals surface area contributed by atoms with Gasteiger partial charge in [-0.05, 0) is 83.4 Å². The van der Waals surface area contributed by atoms with E-state index in [9.17, 15) is 4.79 Å². The van der Waals surface area contributed by atoms with Crippen LogP contribution in [0.3, 0.4) is 0 Å². The van der Waals surface area contributed by atoms with Crippen LogP contribution in [-0.2, 0) is 5.41 Å². The maximum absolute atomic E-state index is 13.4. The summed E-state index contributed by atoms with van der Waals surface area (Å²) in [6.07, 6.45) is 2.05. The summed E-state index contributed by atoms with van der Waals surface area (Å²) in [5, 5.41) is 0.931. The Morgan fingerprint density at radius 1 is 0.938 bits per heavy atom. The SMILES string of the molecule is CCC(C)Oc1ccc(PC(=O)c2c(C)cc(C(C)(C)C)cc2C)c(OC(C)CC)c1.[Li]. The largest absolute Gasteiger partial charge is 0.491 e. The molecular formula is C27H39LiO3P. The number of hydrogen-bond acceptors (Lipinski definition) is 3. The van der Waals surface area contributed by atoms with Gasteiger partial charge in [0, 0.05) is 35.8 Å². The number of benzene rings is 2. The summed E-state index contributed by atoms with van der Waals surface area (Å²) in [4.78, 5) is 13.4. The van der Waals surface area contributed by atoms with Crippen molar-refractivity contribution in [2.24, 2.45) is 0 Å². The van der Waals surface area contributed by atoms with E-state index in [2.05, 4.69) is 60.6 Å². The summed E-state index contributed by atoms with van der Waals surface area (Å²) < 4.78 is 12.2. The molecule has 0 aliphatic rings. The summed E-state index contributed by atoms with van der Waals surface area (Å²) in [6, 6.07) is 10.2. The average Bonchev–Trinajstić information content (AvgIpc) is 2.68. The third kappa shape index (κ3) is 7.66. The third-order valence-electron chi connectivity index (χ3n) is 5.64. The predicted molar refractivity (Wildman–Crippen MR) is 140 cm³/mol. The van der Waals surface area contributed by atoms with Crippen LogP contribution in [0.4, 0.5) is 0 Å². The average molecular weight is 450 g/mol. The van der Waals surface area contributed by atoms with Gasteiger partial charge in [0.25, 0.3) is 0 Å².